The van der Waals surface area contributed by atoms with Crippen LogP contribution in [0.2, 0.25) is 0 Å². The standard InChI is InChI=1S/C15H23N3O3/c1-20-12-4-2-3-10(7-12)8-13(19)16-9-14-17-18-15(21-14)11-5-6-11/h10-12H,2-9H2,1H3,(H,16,19). The van der Waals surface area contributed by atoms with Crippen LogP contribution in [-0.4, -0.2) is 29.3 Å². The van der Waals surface area contributed by atoms with Crippen LogP contribution in [0, 0.1) is 5.92 Å². The van der Waals surface area contributed by atoms with E-state index in [1.54, 1.807) is 7.11 Å². The van der Waals surface area contributed by atoms with E-state index in [2.05, 4.69) is 15.5 Å². The maximum Gasteiger partial charge on any atom is 0.235 e. The number of nitrogens with one attached hydrogen (secondary N) is 1. The summed E-state index contributed by atoms with van der Waals surface area (Å²) in [6.45, 7) is 0.332. The highest BCUT2D eigenvalue weighted by Crippen LogP contribution is 2.38. The van der Waals surface area contributed by atoms with Crippen molar-refractivity contribution in [3.05, 3.63) is 11.8 Å². The molecule has 2 aliphatic rings. The van der Waals surface area contributed by atoms with Crippen molar-refractivity contribution < 1.29 is 13.9 Å². The Morgan fingerprint density at radius 2 is 2.19 bits per heavy atom. The van der Waals surface area contributed by atoms with Gasteiger partial charge in [-0.25, -0.2) is 0 Å². The van der Waals surface area contributed by atoms with Crippen molar-refractivity contribution >= 4 is 5.91 Å². The molecule has 2 aliphatic carbocycles. The Hall–Kier alpha value is -1.43. The summed E-state index contributed by atoms with van der Waals surface area (Å²) in [6, 6.07) is 0. The van der Waals surface area contributed by atoms with Gasteiger partial charge in [-0.15, -0.1) is 10.2 Å². The first kappa shape index (κ1) is 14.5. The number of hydrogen-bond acceptors (Lipinski definition) is 5. The van der Waals surface area contributed by atoms with E-state index in [4.69, 9.17) is 9.15 Å². The zero-order chi connectivity index (χ0) is 14.7. The summed E-state index contributed by atoms with van der Waals surface area (Å²) in [5.41, 5.74) is 0. The van der Waals surface area contributed by atoms with Gasteiger partial charge in [0, 0.05) is 19.4 Å². The molecule has 1 N–H and O–H groups in total. The Labute approximate surface area is 124 Å². The van der Waals surface area contributed by atoms with Crippen LogP contribution in [0.1, 0.15) is 62.6 Å². The molecular weight excluding hydrogens is 270 g/mol. The Bertz CT molecular complexity index is 484. The summed E-state index contributed by atoms with van der Waals surface area (Å²) in [5, 5.41) is 10.9. The minimum Gasteiger partial charge on any atom is -0.423 e. The highest BCUT2D eigenvalue weighted by atomic mass is 16.5. The second-order valence-electron chi connectivity index (χ2n) is 6.18. The van der Waals surface area contributed by atoms with Crippen LogP contribution >= 0.6 is 0 Å². The summed E-state index contributed by atoms with van der Waals surface area (Å²) < 4.78 is 10.9. The molecule has 0 aliphatic heterocycles. The first-order chi connectivity index (χ1) is 10.2. The van der Waals surface area contributed by atoms with E-state index in [-0.39, 0.29) is 5.91 Å². The Morgan fingerprint density at radius 3 is 2.95 bits per heavy atom. The zero-order valence-corrected chi connectivity index (χ0v) is 12.5. The van der Waals surface area contributed by atoms with Gasteiger partial charge in [-0.3, -0.25) is 4.79 Å². The quantitative estimate of drug-likeness (QED) is 0.869. The van der Waals surface area contributed by atoms with Crippen molar-refractivity contribution in [1.29, 1.82) is 0 Å². The van der Waals surface area contributed by atoms with Crippen LogP contribution in [0.5, 0.6) is 0 Å². The minimum absolute atomic E-state index is 0.0583. The summed E-state index contributed by atoms with van der Waals surface area (Å²) in [5.74, 6) is 2.16. The number of carbonyl (C=O) groups excluding carboxylic acids is 1. The molecule has 0 radical (unpaired) electrons. The molecule has 0 aromatic carbocycles. The lowest BCUT2D eigenvalue weighted by molar-refractivity contribution is -0.122. The third kappa shape index (κ3) is 4.03. The number of ether oxygens (including phenoxy) is 1. The third-order valence-corrected chi connectivity index (χ3v) is 4.39. The second-order valence-corrected chi connectivity index (χ2v) is 6.18. The fraction of sp³-hybridized carbons (Fsp3) is 0.800. The Kier molecular flexibility index (Phi) is 4.53. The molecule has 2 unspecified atom stereocenters. The molecule has 2 atom stereocenters. The van der Waals surface area contributed by atoms with Crippen LogP contribution in [-0.2, 0) is 16.1 Å². The molecule has 0 saturated heterocycles. The highest BCUT2D eigenvalue weighted by Gasteiger charge is 2.29. The van der Waals surface area contributed by atoms with Gasteiger partial charge in [-0.2, -0.15) is 0 Å². The normalized spacial score (nSPS) is 25.8. The predicted octanol–water partition coefficient (Wildman–Crippen LogP) is 2.16. The first-order valence-electron chi connectivity index (χ1n) is 7.86. The van der Waals surface area contributed by atoms with Crippen molar-refractivity contribution in [2.24, 2.45) is 5.92 Å². The van der Waals surface area contributed by atoms with Gasteiger partial charge >= 0.3 is 0 Å². The number of methoxy groups -OCH3 is 1. The molecule has 0 spiro atoms. The Morgan fingerprint density at radius 1 is 1.33 bits per heavy atom. The molecule has 1 aromatic rings. The van der Waals surface area contributed by atoms with E-state index in [0.29, 0.717) is 36.8 Å². The SMILES string of the molecule is COC1CCCC(CC(=O)NCc2nnc(C3CC3)o2)C1. The lowest BCUT2D eigenvalue weighted by Crippen LogP contribution is -2.29. The average Bonchev–Trinajstić information content (AvgIpc) is 3.24. The number of carbonyl (C=O) groups is 1. The van der Waals surface area contributed by atoms with Gasteiger partial charge in [-0.05, 0) is 38.0 Å². The molecular formula is C15H23N3O3. The van der Waals surface area contributed by atoms with E-state index in [0.717, 1.165) is 44.4 Å². The van der Waals surface area contributed by atoms with Crippen LogP contribution < -0.4 is 5.32 Å². The average molecular weight is 293 g/mol. The fourth-order valence-corrected chi connectivity index (χ4v) is 2.98. The van der Waals surface area contributed by atoms with E-state index in [1.807, 2.05) is 0 Å². The summed E-state index contributed by atoms with van der Waals surface area (Å²) in [4.78, 5) is 12.0. The largest absolute Gasteiger partial charge is 0.423 e. The Balaban J connectivity index is 1.41. The molecule has 6 heteroatoms. The van der Waals surface area contributed by atoms with E-state index in [1.165, 1.54) is 0 Å². The predicted molar refractivity (Wildman–Crippen MR) is 75.5 cm³/mol. The number of rotatable bonds is 6. The number of hydrogen-bond donors (Lipinski definition) is 1. The van der Waals surface area contributed by atoms with Gasteiger partial charge in [0.15, 0.2) is 0 Å². The molecule has 0 bridgehead atoms. The van der Waals surface area contributed by atoms with Gasteiger partial charge in [0.05, 0.1) is 12.6 Å². The summed E-state index contributed by atoms with van der Waals surface area (Å²) >= 11 is 0. The van der Waals surface area contributed by atoms with Crippen molar-refractivity contribution in [1.82, 2.24) is 15.5 Å². The van der Waals surface area contributed by atoms with Gasteiger partial charge in [-0.1, -0.05) is 6.42 Å². The van der Waals surface area contributed by atoms with Crippen molar-refractivity contribution in [3.63, 3.8) is 0 Å². The van der Waals surface area contributed by atoms with Crippen LogP contribution in [0.15, 0.2) is 4.42 Å². The lowest BCUT2D eigenvalue weighted by atomic mass is 9.85. The van der Waals surface area contributed by atoms with Crippen LogP contribution in [0.3, 0.4) is 0 Å². The summed E-state index contributed by atoms with van der Waals surface area (Å²) in [6.07, 6.45) is 7.49. The highest BCUT2D eigenvalue weighted by molar-refractivity contribution is 5.76. The number of nitrogens with zero attached hydrogens (tertiary/aromatic N) is 2. The maximum absolute atomic E-state index is 12.0. The van der Waals surface area contributed by atoms with Gasteiger partial charge in [0.2, 0.25) is 17.7 Å². The zero-order valence-electron chi connectivity index (χ0n) is 12.5. The van der Waals surface area contributed by atoms with Crippen LogP contribution in [0.4, 0.5) is 0 Å². The third-order valence-electron chi connectivity index (χ3n) is 4.39. The smallest absolute Gasteiger partial charge is 0.235 e. The number of aromatic nitrogens is 2. The van der Waals surface area contributed by atoms with E-state index >= 15 is 0 Å². The molecule has 116 valence electrons. The molecule has 21 heavy (non-hydrogen) atoms. The number of amides is 1. The fourth-order valence-electron chi connectivity index (χ4n) is 2.98. The molecule has 2 saturated carbocycles. The topological polar surface area (TPSA) is 77.2 Å². The molecule has 1 heterocycles. The van der Waals surface area contributed by atoms with E-state index in [9.17, 15) is 4.79 Å². The van der Waals surface area contributed by atoms with Crippen molar-refractivity contribution in [3.8, 4) is 0 Å². The molecule has 6 nitrogen and oxygen atoms in total. The van der Waals surface area contributed by atoms with Gasteiger partial charge in [0.25, 0.3) is 0 Å². The first-order valence-corrected chi connectivity index (χ1v) is 7.86. The molecule has 2 fully saturated rings. The van der Waals surface area contributed by atoms with Gasteiger partial charge in [0.1, 0.15) is 0 Å². The molecule has 1 amide bonds. The monoisotopic (exact) mass is 293 g/mol. The molecule has 3 rings (SSSR count). The van der Waals surface area contributed by atoms with Crippen LogP contribution in [0.25, 0.3) is 0 Å². The van der Waals surface area contributed by atoms with Crippen molar-refractivity contribution in [2.75, 3.05) is 7.11 Å². The maximum atomic E-state index is 12.0. The minimum atomic E-state index is 0.0583. The summed E-state index contributed by atoms with van der Waals surface area (Å²) in [7, 11) is 1.75. The second kappa shape index (κ2) is 6.56. The lowest BCUT2D eigenvalue weighted by Gasteiger charge is -2.27. The van der Waals surface area contributed by atoms with Crippen molar-refractivity contribution in [2.45, 2.75) is 63.5 Å². The van der Waals surface area contributed by atoms with E-state index < -0.39 is 0 Å². The van der Waals surface area contributed by atoms with Gasteiger partial charge < -0.3 is 14.5 Å². The molecule has 1 aromatic heterocycles.